The van der Waals surface area contributed by atoms with E-state index >= 15 is 0 Å². The number of rotatable bonds is 16. The highest BCUT2D eigenvalue weighted by Gasteiger charge is 2.25. The van der Waals surface area contributed by atoms with Crippen LogP contribution in [0.15, 0.2) is 17.1 Å². The van der Waals surface area contributed by atoms with E-state index in [0.717, 1.165) is 19.5 Å². The molecule has 0 saturated carbocycles. The Morgan fingerprint density at radius 3 is 2.00 bits per heavy atom. The topological polar surface area (TPSA) is 37.0 Å². The van der Waals surface area contributed by atoms with Crippen LogP contribution in [0.25, 0.3) is 0 Å². The summed E-state index contributed by atoms with van der Waals surface area (Å²) in [5, 5.41) is 9.94. The Kier molecular flexibility index (Phi) is 13.9. The molecule has 0 aromatic heterocycles. The van der Waals surface area contributed by atoms with Crippen LogP contribution in [0.3, 0.4) is 0 Å². The molecule has 1 rings (SSSR count). The summed E-state index contributed by atoms with van der Waals surface area (Å²) in [5.41, 5.74) is 0. The van der Waals surface area contributed by atoms with Gasteiger partial charge in [0.15, 0.2) is 6.34 Å². The van der Waals surface area contributed by atoms with Crippen LogP contribution in [0, 0.1) is 0 Å². The third-order valence-corrected chi connectivity index (χ3v) is 5.30. The Hall–Kier alpha value is -0.670. The van der Waals surface area contributed by atoms with E-state index in [1.165, 1.54) is 81.9 Å². The van der Waals surface area contributed by atoms with Gasteiger partial charge in [0.1, 0.15) is 18.7 Å². The van der Waals surface area contributed by atoms with Gasteiger partial charge in [-0.15, -0.1) is 0 Å². The van der Waals surface area contributed by atoms with Gasteiger partial charge in [-0.2, -0.15) is 0 Å². The average molecular weight is 352 g/mol. The number of aliphatic imine (C=N–C) groups is 1. The SMILES string of the molecule is CCCCCCCCCCCCCC/C=C/C(C(C)O)[NH+]1C=NCC1. The largest absolute Gasteiger partial charge is 0.387 e. The van der Waals surface area contributed by atoms with Gasteiger partial charge in [0.2, 0.25) is 0 Å². The first-order valence-electron chi connectivity index (χ1n) is 11.0. The number of aliphatic hydroxyl groups excluding tert-OH is 1. The average Bonchev–Trinajstić information content (AvgIpc) is 3.12. The molecule has 3 heteroatoms. The molecule has 0 bridgehead atoms. The molecule has 146 valence electrons. The highest BCUT2D eigenvalue weighted by atomic mass is 16.3. The van der Waals surface area contributed by atoms with Gasteiger partial charge >= 0.3 is 0 Å². The highest BCUT2D eigenvalue weighted by molar-refractivity contribution is 5.45. The molecule has 0 fully saturated rings. The number of nitrogens with one attached hydrogen (secondary N) is 1. The van der Waals surface area contributed by atoms with E-state index in [9.17, 15) is 5.11 Å². The monoisotopic (exact) mass is 351 g/mol. The number of allylic oxidation sites excluding steroid dienone is 1. The molecule has 1 aliphatic rings. The second kappa shape index (κ2) is 15.6. The predicted molar refractivity (Wildman–Crippen MR) is 109 cm³/mol. The maximum atomic E-state index is 9.94. The summed E-state index contributed by atoms with van der Waals surface area (Å²) in [6.07, 6.45) is 24.1. The van der Waals surface area contributed by atoms with Crippen molar-refractivity contribution in [3.63, 3.8) is 0 Å². The summed E-state index contributed by atoms with van der Waals surface area (Å²) in [6, 6.07) is 0.170. The minimum atomic E-state index is -0.308. The van der Waals surface area contributed by atoms with E-state index < -0.39 is 0 Å². The number of nitrogens with zero attached hydrogens (tertiary/aromatic N) is 1. The quantitative estimate of drug-likeness (QED) is 0.315. The van der Waals surface area contributed by atoms with Crippen molar-refractivity contribution in [3.8, 4) is 0 Å². The van der Waals surface area contributed by atoms with E-state index in [0.29, 0.717) is 0 Å². The Bertz CT molecular complexity index is 352. The van der Waals surface area contributed by atoms with Gasteiger partial charge in [-0.1, -0.05) is 83.6 Å². The Morgan fingerprint density at radius 2 is 1.52 bits per heavy atom. The number of aliphatic hydroxyl groups is 1. The van der Waals surface area contributed by atoms with Crippen molar-refractivity contribution in [1.29, 1.82) is 0 Å². The van der Waals surface area contributed by atoms with E-state index in [1.54, 1.807) is 0 Å². The minimum absolute atomic E-state index is 0.170. The molecule has 3 unspecified atom stereocenters. The van der Waals surface area contributed by atoms with Crippen LogP contribution >= 0.6 is 0 Å². The predicted octanol–water partition coefficient (Wildman–Crippen LogP) is 4.31. The van der Waals surface area contributed by atoms with Crippen LogP contribution in [-0.4, -0.2) is 36.7 Å². The normalized spacial score (nSPS) is 19.7. The van der Waals surface area contributed by atoms with Crippen LogP contribution in [0.1, 0.15) is 97.3 Å². The summed E-state index contributed by atoms with van der Waals surface area (Å²) >= 11 is 0. The van der Waals surface area contributed by atoms with Gasteiger partial charge in [0, 0.05) is 0 Å². The third kappa shape index (κ3) is 11.5. The molecule has 0 aromatic carbocycles. The molecule has 1 heterocycles. The Balaban J connectivity index is 1.91. The van der Waals surface area contributed by atoms with Gasteiger partial charge < -0.3 is 5.11 Å². The maximum absolute atomic E-state index is 9.94. The van der Waals surface area contributed by atoms with E-state index in [-0.39, 0.29) is 12.1 Å². The summed E-state index contributed by atoms with van der Waals surface area (Å²) in [4.78, 5) is 5.57. The molecule has 0 amide bonds. The first-order chi connectivity index (χ1) is 12.3. The molecule has 0 aromatic rings. The molecule has 25 heavy (non-hydrogen) atoms. The van der Waals surface area contributed by atoms with Crippen molar-refractivity contribution in [2.45, 2.75) is 109 Å². The van der Waals surface area contributed by atoms with Crippen LogP contribution in [0.5, 0.6) is 0 Å². The number of unbranched alkanes of at least 4 members (excludes halogenated alkanes) is 12. The maximum Gasteiger partial charge on any atom is 0.184 e. The van der Waals surface area contributed by atoms with Gasteiger partial charge in [-0.05, 0) is 25.8 Å². The zero-order valence-corrected chi connectivity index (χ0v) is 16.9. The third-order valence-electron chi connectivity index (χ3n) is 5.30. The van der Waals surface area contributed by atoms with Crippen molar-refractivity contribution in [2.24, 2.45) is 4.99 Å². The molecule has 0 spiro atoms. The first-order valence-corrected chi connectivity index (χ1v) is 11.0. The van der Waals surface area contributed by atoms with Crippen LogP contribution in [0.4, 0.5) is 0 Å². The molecule has 3 atom stereocenters. The lowest BCUT2D eigenvalue weighted by Gasteiger charge is -2.21. The fourth-order valence-electron chi connectivity index (χ4n) is 3.63. The molecule has 0 radical (unpaired) electrons. The molecule has 0 aliphatic carbocycles. The number of hydrogen-bond acceptors (Lipinski definition) is 2. The zero-order valence-electron chi connectivity index (χ0n) is 16.9. The fraction of sp³-hybridized carbons (Fsp3) is 0.864. The number of quaternary nitrogens is 1. The van der Waals surface area contributed by atoms with Gasteiger partial charge in [-0.25, -0.2) is 4.99 Å². The molecule has 3 nitrogen and oxygen atoms in total. The lowest BCUT2D eigenvalue weighted by molar-refractivity contribution is -0.817. The lowest BCUT2D eigenvalue weighted by atomic mass is 10.0. The van der Waals surface area contributed by atoms with Crippen molar-refractivity contribution < 1.29 is 10.0 Å². The van der Waals surface area contributed by atoms with Crippen molar-refractivity contribution in [3.05, 3.63) is 12.2 Å². The lowest BCUT2D eigenvalue weighted by Crippen LogP contribution is -3.14. The van der Waals surface area contributed by atoms with Gasteiger partial charge in [-0.3, -0.25) is 4.90 Å². The molecule has 2 N–H and O–H groups in total. The zero-order chi connectivity index (χ0) is 18.2. The summed E-state index contributed by atoms with van der Waals surface area (Å²) in [7, 11) is 0. The van der Waals surface area contributed by atoms with E-state index in [2.05, 4.69) is 24.1 Å². The Labute approximate surface area is 156 Å². The first kappa shape index (κ1) is 22.4. The highest BCUT2D eigenvalue weighted by Crippen LogP contribution is 2.12. The van der Waals surface area contributed by atoms with Crippen molar-refractivity contribution in [1.82, 2.24) is 0 Å². The van der Waals surface area contributed by atoms with Crippen LogP contribution in [-0.2, 0) is 0 Å². The minimum Gasteiger partial charge on any atom is -0.387 e. The summed E-state index contributed by atoms with van der Waals surface area (Å²) in [5.74, 6) is 0. The molecule has 1 aliphatic heterocycles. The van der Waals surface area contributed by atoms with E-state index in [1.807, 2.05) is 13.3 Å². The second-order valence-electron chi connectivity index (χ2n) is 7.73. The molecular formula is C22H43N2O+. The molecular weight excluding hydrogens is 308 g/mol. The summed E-state index contributed by atoms with van der Waals surface area (Å²) in [6.45, 7) is 6.08. The molecule has 0 saturated heterocycles. The van der Waals surface area contributed by atoms with Crippen LogP contribution < -0.4 is 4.90 Å². The van der Waals surface area contributed by atoms with Crippen molar-refractivity contribution in [2.75, 3.05) is 13.1 Å². The summed E-state index contributed by atoms with van der Waals surface area (Å²) < 4.78 is 0. The van der Waals surface area contributed by atoms with E-state index in [4.69, 9.17) is 0 Å². The number of hydrogen-bond donors (Lipinski definition) is 2. The smallest absolute Gasteiger partial charge is 0.184 e. The van der Waals surface area contributed by atoms with Gasteiger partial charge in [0.05, 0.1) is 6.54 Å². The Morgan fingerprint density at radius 1 is 0.960 bits per heavy atom. The second-order valence-corrected chi connectivity index (χ2v) is 7.73. The standard InChI is InChI=1S/C22H42N2O/c1-3-4-5-6-7-8-9-10-11-12-13-14-15-16-17-22(21(2)25)24-19-18-23-20-24/h16-17,20-22,25H,3-15,18-19H2,1-2H3/p+1/b17-16+. The van der Waals surface area contributed by atoms with Gasteiger partial charge in [0.25, 0.3) is 0 Å². The van der Waals surface area contributed by atoms with Crippen LogP contribution in [0.2, 0.25) is 0 Å². The fourth-order valence-corrected chi connectivity index (χ4v) is 3.63. The van der Waals surface area contributed by atoms with Crippen molar-refractivity contribution >= 4 is 6.34 Å².